The summed E-state index contributed by atoms with van der Waals surface area (Å²) < 4.78 is 0. The van der Waals surface area contributed by atoms with Gasteiger partial charge < -0.3 is 0 Å². The molecule has 1 unspecified atom stereocenters. The van der Waals surface area contributed by atoms with Gasteiger partial charge in [-0.3, -0.25) is 0 Å². The van der Waals surface area contributed by atoms with E-state index in [-0.39, 0.29) is 0 Å². The van der Waals surface area contributed by atoms with E-state index in [0.29, 0.717) is 0 Å². The molecule has 0 amide bonds. The van der Waals surface area contributed by atoms with Gasteiger partial charge >= 0.3 is 0 Å². The number of hydrogen-bond acceptors (Lipinski definition) is 0. The fourth-order valence-corrected chi connectivity index (χ4v) is 1.76. The Balaban J connectivity index is 3.28. The summed E-state index contributed by atoms with van der Waals surface area (Å²) in [6.07, 6.45) is 15.8. The lowest BCUT2D eigenvalue weighted by atomic mass is 9.96. The Morgan fingerprint density at radius 1 is 1.14 bits per heavy atom. The Kier molecular flexibility index (Phi) is 10.2. The van der Waals surface area contributed by atoms with Gasteiger partial charge in [-0.1, -0.05) is 44.4 Å². The summed E-state index contributed by atoms with van der Waals surface area (Å²) in [5, 5.41) is 0. The third-order valence-corrected chi connectivity index (χ3v) is 2.67. The summed E-state index contributed by atoms with van der Waals surface area (Å²) in [7, 11) is 0. The van der Waals surface area contributed by atoms with Crippen LogP contribution in [-0.4, -0.2) is 0 Å². The third-order valence-electron chi connectivity index (χ3n) is 2.67. The number of unbranched alkanes of at least 4 members (excludes halogenated alkanes) is 3. The first-order valence-corrected chi connectivity index (χ1v) is 6.08. The molecule has 0 aliphatic rings. The minimum Gasteiger partial charge on any atom is -0.103 e. The highest BCUT2D eigenvalue weighted by Crippen LogP contribution is 2.16. The maximum atomic E-state index is 3.90. The molecule has 82 valence electrons. The molecule has 0 heteroatoms. The molecular formula is C14H26. The predicted molar refractivity (Wildman–Crippen MR) is 66.5 cm³/mol. The smallest absolute Gasteiger partial charge is 0.0236 e. The van der Waals surface area contributed by atoms with Crippen LogP contribution in [0.3, 0.4) is 0 Å². The Morgan fingerprint density at radius 3 is 2.50 bits per heavy atom. The summed E-state index contributed by atoms with van der Waals surface area (Å²) in [5.74, 6) is 0.765. The van der Waals surface area contributed by atoms with Crippen LogP contribution in [0.5, 0.6) is 0 Å². The molecule has 0 fully saturated rings. The second-order valence-corrected chi connectivity index (χ2v) is 3.99. The molecule has 0 saturated carbocycles. The number of rotatable bonds is 9. The quantitative estimate of drug-likeness (QED) is 0.353. The van der Waals surface area contributed by atoms with E-state index >= 15 is 0 Å². The van der Waals surface area contributed by atoms with Gasteiger partial charge in [-0.25, -0.2) is 0 Å². The highest BCUT2D eigenvalue weighted by atomic mass is 14.1. The lowest BCUT2D eigenvalue weighted by molar-refractivity contribution is 0.499. The zero-order chi connectivity index (χ0) is 10.6. The maximum Gasteiger partial charge on any atom is -0.0236 e. The normalized spacial score (nSPS) is 13.3. The van der Waals surface area contributed by atoms with Crippen LogP contribution in [0.1, 0.15) is 58.8 Å². The predicted octanol–water partition coefficient (Wildman–Crippen LogP) is 5.12. The van der Waals surface area contributed by atoms with Gasteiger partial charge in [0.25, 0.3) is 0 Å². The Hall–Kier alpha value is -0.520. The highest BCUT2D eigenvalue weighted by Gasteiger charge is 2.01. The average molecular weight is 194 g/mol. The summed E-state index contributed by atoms with van der Waals surface area (Å²) in [6, 6.07) is 0. The first kappa shape index (κ1) is 13.5. The van der Waals surface area contributed by atoms with Gasteiger partial charge in [0, 0.05) is 0 Å². The van der Waals surface area contributed by atoms with E-state index in [9.17, 15) is 0 Å². The van der Waals surface area contributed by atoms with Crippen LogP contribution in [0.25, 0.3) is 0 Å². The Labute approximate surface area is 90.1 Å². The molecule has 0 bridgehead atoms. The van der Waals surface area contributed by atoms with Gasteiger partial charge in [-0.2, -0.15) is 0 Å². The monoisotopic (exact) mass is 194 g/mol. The lowest BCUT2D eigenvalue weighted by Gasteiger charge is -2.09. The van der Waals surface area contributed by atoms with Gasteiger partial charge in [0.05, 0.1) is 0 Å². The molecule has 0 rings (SSSR count). The van der Waals surface area contributed by atoms with Crippen LogP contribution < -0.4 is 0 Å². The van der Waals surface area contributed by atoms with Crippen LogP contribution in [0.2, 0.25) is 0 Å². The molecular weight excluding hydrogens is 168 g/mol. The molecule has 0 nitrogen and oxygen atoms in total. The summed E-state index contributed by atoms with van der Waals surface area (Å²) >= 11 is 0. The van der Waals surface area contributed by atoms with Crippen molar-refractivity contribution in [2.45, 2.75) is 58.8 Å². The van der Waals surface area contributed by atoms with Gasteiger partial charge in [0.15, 0.2) is 0 Å². The molecule has 0 saturated heterocycles. The minimum atomic E-state index is 0.765. The second kappa shape index (κ2) is 10.6. The third kappa shape index (κ3) is 8.10. The molecule has 0 aromatic heterocycles. The van der Waals surface area contributed by atoms with Crippen molar-refractivity contribution in [1.29, 1.82) is 0 Å². The minimum absolute atomic E-state index is 0.765. The van der Waals surface area contributed by atoms with Crippen LogP contribution in [0.15, 0.2) is 24.8 Å². The fourth-order valence-electron chi connectivity index (χ4n) is 1.76. The van der Waals surface area contributed by atoms with E-state index in [0.717, 1.165) is 5.92 Å². The topological polar surface area (TPSA) is 0 Å². The van der Waals surface area contributed by atoms with E-state index in [1.165, 1.54) is 44.9 Å². The first-order valence-electron chi connectivity index (χ1n) is 6.08. The SMILES string of the molecule is C=CC(CCC)CCCCCC=CC. The van der Waals surface area contributed by atoms with Crippen molar-refractivity contribution >= 4 is 0 Å². The number of allylic oxidation sites excluding steroid dienone is 3. The van der Waals surface area contributed by atoms with E-state index in [1.54, 1.807) is 0 Å². The fraction of sp³-hybridized carbons (Fsp3) is 0.714. The first-order chi connectivity index (χ1) is 6.85. The van der Waals surface area contributed by atoms with Crippen molar-refractivity contribution in [2.24, 2.45) is 5.92 Å². The highest BCUT2D eigenvalue weighted by molar-refractivity contribution is 4.79. The van der Waals surface area contributed by atoms with E-state index in [2.05, 4.69) is 38.7 Å². The van der Waals surface area contributed by atoms with E-state index in [1.807, 2.05) is 0 Å². The van der Waals surface area contributed by atoms with Gasteiger partial charge in [-0.15, -0.1) is 6.58 Å². The van der Waals surface area contributed by atoms with Gasteiger partial charge in [-0.05, 0) is 38.5 Å². The van der Waals surface area contributed by atoms with Gasteiger partial charge in [0.2, 0.25) is 0 Å². The lowest BCUT2D eigenvalue weighted by Crippen LogP contribution is -1.95. The second-order valence-electron chi connectivity index (χ2n) is 3.99. The average Bonchev–Trinajstić information content (AvgIpc) is 2.21. The largest absolute Gasteiger partial charge is 0.103 e. The van der Waals surface area contributed by atoms with Crippen molar-refractivity contribution < 1.29 is 0 Å². The van der Waals surface area contributed by atoms with Crippen LogP contribution >= 0.6 is 0 Å². The molecule has 0 aliphatic heterocycles. The molecule has 14 heavy (non-hydrogen) atoms. The van der Waals surface area contributed by atoms with Crippen LogP contribution in [0.4, 0.5) is 0 Å². The molecule has 0 radical (unpaired) electrons. The van der Waals surface area contributed by atoms with Gasteiger partial charge in [0.1, 0.15) is 0 Å². The zero-order valence-electron chi connectivity index (χ0n) is 9.97. The summed E-state index contributed by atoms with van der Waals surface area (Å²) in [5.41, 5.74) is 0. The van der Waals surface area contributed by atoms with Crippen molar-refractivity contribution in [1.82, 2.24) is 0 Å². The summed E-state index contributed by atoms with van der Waals surface area (Å²) in [4.78, 5) is 0. The van der Waals surface area contributed by atoms with E-state index in [4.69, 9.17) is 0 Å². The van der Waals surface area contributed by atoms with Crippen molar-refractivity contribution in [3.8, 4) is 0 Å². The molecule has 0 N–H and O–H groups in total. The molecule has 0 aromatic rings. The Bertz CT molecular complexity index is 144. The Morgan fingerprint density at radius 2 is 1.93 bits per heavy atom. The molecule has 0 aliphatic carbocycles. The van der Waals surface area contributed by atoms with Crippen molar-refractivity contribution in [3.05, 3.63) is 24.8 Å². The molecule has 0 spiro atoms. The molecule has 1 atom stereocenters. The van der Waals surface area contributed by atoms with E-state index < -0.39 is 0 Å². The van der Waals surface area contributed by atoms with Crippen LogP contribution in [0, 0.1) is 5.92 Å². The number of hydrogen-bond donors (Lipinski definition) is 0. The zero-order valence-corrected chi connectivity index (χ0v) is 9.97. The standard InChI is InChI=1S/C14H26/c1-4-7-8-9-10-11-13-14(6-3)12-5-2/h4,6-7,14H,3,5,8-13H2,1-2H3. The van der Waals surface area contributed by atoms with Crippen molar-refractivity contribution in [3.63, 3.8) is 0 Å². The summed E-state index contributed by atoms with van der Waals surface area (Å²) in [6.45, 7) is 8.24. The molecule has 0 aromatic carbocycles. The maximum absolute atomic E-state index is 3.90. The molecule has 0 heterocycles. The van der Waals surface area contributed by atoms with Crippen LogP contribution in [-0.2, 0) is 0 Å². The van der Waals surface area contributed by atoms with Crippen molar-refractivity contribution in [2.75, 3.05) is 0 Å².